The van der Waals surface area contributed by atoms with Gasteiger partial charge in [0.2, 0.25) is 0 Å². The second-order valence-electron chi connectivity index (χ2n) is 4.28. The van der Waals surface area contributed by atoms with E-state index < -0.39 is 0 Å². The van der Waals surface area contributed by atoms with Gasteiger partial charge in [-0.05, 0) is 46.9 Å². The van der Waals surface area contributed by atoms with Crippen molar-refractivity contribution >= 4 is 34.0 Å². The molecule has 16 heavy (non-hydrogen) atoms. The number of non-ortho nitro benzene ring substituents is 1. The number of nitro groups is 1. The fourth-order valence-corrected chi connectivity index (χ4v) is 2.38. The average Bonchev–Trinajstić information content (AvgIpc) is 2.92. The van der Waals surface area contributed by atoms with Gasteiger partial charge in [0, 0.05) is 27.9 Å². The number of nitrogens with zero attached hydrogens (tertiary/aromatic N) is 1. The third-order valence-electron chi connectivity index (χ3n) is 2.99. The van der Waals surface area contributed by atoms with Crippen LogP contribution >= 0.6 is 22.6 Å². The van der Waals surface area contributed by atoms with Crippen molar-refractivity contribution in [1.82, 2.24) is 0 Å². The van der Waals surface area contributed by atoms with E-state index in [0.717, 1.165) is 27.6 Å². The summed E-state index contributed by atoms with van der Waals surface area (Å²) in [5.74, 6) is 1.59. The van der Waals surface area contributed by atoms with E-state index in [0.29, 0.717) is 0 Å². The third-order valence-corrected chi connectivity index (χ3v) is 3.89. The molecule has 0 heterocycles. The van der Waals surface area contributed by atoms with Crippen LogP contribution in [0.5, 0.6) is 0 Å². The molecule has 1 fully saturated rings. The maximum atomic E-state index is 10.6. The average molecular weight is 332 g/mol. The van der Waals surface area contributed by atoms with Crippen LogP contribution < -0.4 is 5.32 Å². The van der Waals surface area contributed by atoms with Crippen molar-refractivity contribution < 1.29 is 4.92 Å². The lowest BCUT2D eigenvalue weighted by Gasteiger charge is -2.07. The van der Waals surface area contributed by atoms with Crippen molar-refractivity contribution in [2.45, 2.75) is 13.3 Å². The van der Waals surface area contributed by atoms with Crippen LogP contribution in [0.25, 0.3) is 0 Å². The number of anilines is 1. The van der Waals surface area contributed by atoms with E-state index in [9.17, 15) is 10.1 Å². The molecule has 1 N–H and O–H groups in total. The predicted octanol–water partition coefficient (Wildman–Crippen LogP) is 3.27. The molecule has 1 aromatic rings. The molecular weight excluding hydrogens is 319 g/mol. The Bertz CT molecular complexity index is 422. The number of halogens is 1. The molecule has 2 unspecified atom stereocenters. The van der Waals surface area contributed by atoms with Crippen molar-refractivity contribution in [3.05, 3.63) is 31.9 Å². The second kappa shape index (κ2) is 4.57. The van der Waals surface area contributed by atoms with Crippen LogP contribution in [0.4, 0.5) is 11.4 Å². The van der Waals surface area contributed by atoms with Crippen LogP contribution in [0.3, 0.4) is 0 Å². The van der Waals surface area contributed by atoms with E-state index in [4.69, 9.17) is 0 Å². The van der Waals surface area contributed by atoms with Gasteiger partial charge in [-0.1, -0.05) is 6.92 Å². The molecule has 5 heteroatoms. The molecule has 86 valence electrons. The van der Waals surface area contributed by atoms with E-state index in [-0.39, 0.29) is 10.6 Å². The van der Waals surface area contributed by atoms with Crippen LogP contribution in [0.15, 0.2) is 18.2 Å². The summed E-state index contributed by atoms with van der Waals surface area (Å²) in [5, 5.41) is 13.9. The van der Waals surface area contributed by atoms with Gasteiger partial charge in [-0.25, -0.2) is 0 Å². The molecular formula is C11H13IN2O2. The normalized spacial score (nSPS) is 22.9. The maximum absolute atomic E-state index is 10.6. The van der Waals surface area contributed by atoms with Crippen molar-refractivity contribution in [3.63, 3.8) is 0 Å². The van der Waals surface area contributed by atoms with Crippen molar-refractivity contribution in [3.8, 4) is 0 Å². The van der Waals surface area contributed by atoms with Crippen LogP contribution in [-0.2, 0) is 0 Å². The van der Waals surface area contributed by atoms with Gasteiger partial charge in [0.15, 0.2) is 0 Å². The molecule has 0 spiro atoms. The predicted molar refractivity (Wildman–Crippen MR) is 71.6 cm³/mol. The molecule has 1 saturated carbocycles. The first kappa shape index (κ1) is 11.6. The number of hydrogen-bond donors (Lipinski definition) is 1. The maximum Gasteiger partial charge on any atom is 0.270 e. The minimum absolute atomic E-state index is 0.148. The molecule has 0 bridgehead atoms. The first-order chi connectivity index (χ1) is 7.58. The van der Waals surface area contributed by atoms with Crippen LogP contribution in [0, 0.1) is 25.5 Å². The Balaban J connectivity index is 2.01. The van der Waals surface area contributed by atoms with Gasteiger partial charge in [0.1, 0.15) is 0 Å². The fourth-order valence-electron chi connectivity index (χ4n) is 1.69. The lowest BCUT2D eigenvalue weighted by Crippen LogP contribution is -2.05. The smallest absolute Gasteiger partial charge is 0.270 e. The molecule has 1 aromatic carbocycles. The Morgan fingerprint density at radius 3 is 2.81 bits per heavy atom. The van der Waals surface area contributed by atoms with Gasteiger partial charge < -0.3 is 5.32 Å². The highest BCUT2D eigenvalue weighted by molar-refractivity contribution is 14.1. The Kier molecular flexibility index (Phi) is 3.32. The molecule has 1 aliphatic rings. The monoisotopic (exact) mass is 332 g/mol. The van der Waals surface area contributed by atoms with Crippen LogP contribution in [0.2, 0.25) is 0 Å². The fraction of sp³-hybridized carbons (Fsp3) is 0.455. The van der Waals surface area contributed by atoms with Gasteiger partial charge >= 0.3 is 0 Å². The zero-order chi connectivity index (χ0) is 11.7. The van der Waals surface area contributed by atoms with Crippen molar-refractivity contribution in [2.75, 3.05) is 11.9 Å². The summed E-state index contributed by atoms with van der Waals surface area (Å²) in [6.07, 6.45) is 1.29. The number of nitro benzene ring substituents is 1. The van der Waals surface area contributed by atoms with Gasteiger partial charge in [0.05, 0.1) is 4.92 Å². The van der Waals surface area contributed by atoms with Gasteiger partial charge in [-0.2, -0.15) is 0 Å². The highest BCUT2D eigenvalue weighted by Gasteiger charge is 2.31. The Hall–Kier alpha value is -0.850. The van der Waals surface area contributed by atoms with E-state index in [1.165, 1.54) is 6.42 Å². The number of benzene rings is 1. The molecule has 0 aromatic heterocycles. The first-order valence-electron chi connectivity index (χ1n) is 5.25. The zero-order valence-corrected chi connectivity index (χ0v) is 11.1. The molecule has 2 rings (SSSR count). The summed E-state index contributed by atoms with van der Waals surface area (Å²) in [4.78, 5) is 10.2. The largest absolute Gasteiger partial charge is 0.384 e. The van der Waals surface area contributed by atoms with Crippen LogP contribution in [-0.4, -0.2) is 11.5 Å². The minimum atomic E-state index is -0.366. The van der Waals surface area contributed by atoms with Crippen LogP contribution in [0.1, 0.15) is 13.3 Å². The Labute approximate surface area is 108 Å². The molecule has 0 aliphatic heterocycles. The summed E-state index contributed by atoms with van der Waals surface area (Å²) < 4.78 is 0.903. The molecule has 0 radical (unpaired) electrons. The zero-order valence-electron chi connectivity index (χ0n) is 8.94. The molecule has 1 aliphatic carbocycles. The highest BCUT2D eigenvalue weighted by Crippen LogP contribution is 2.37. The van der Waals surface area contributed by atoms with E-state index in [1.807, 2.05) is 0 Å². The quantitative estimate of drug-likeness (QED) is 0.523. The molecule has 2 atom stereocenters. The molecule has 0 saturated heterocycles. The van der Waals surface area contributed by atoms with Crippen molar-refractivity contribution in [2.24, 2.45) is 11.8 Å². The van der Waals surface area contributed by atoms with Crippen molar-refractivity contribution in [1.29, 1.82) is 0 Å². The summed E-state index contributed by atoms with van der Waals surface area (Å²) in [6.45, 7) is 3.21. The third kappa shape index (κ3) is 2.63. The Morgan fingerprint density at radius 2 is 2.31 bits per heavy atom. The van der Waals surface area contributed by atoms with E-state index in [2.05, 4.69) is 34.8 Å². The molecule has 4 nitrogen and oxygen atoms in total. The standard InChI is InChI=1S/C11H13IN2O2/c1-7-4-8(7)6-13-11-3-2-9(14(15)16)5-10(11)12/h2-3,5,7-8,13H,4,6H2,1H3. The highest BCUT2D eigenvalue weighted by atomic mass is 127. The van der Waals surface area contributed by atoms with E-state index in [1.54, 1.807) is 18.2 Å². The second-order valence-corrected chi connectivity index (χ2v) is 5.44. The SMILES string of the molecule is CC1CC1CNc1ccc([N+](=O)[O-])cc1I. The summed E-state index contributed by atoms with van der Waals surface area (Å²) in [7, 11) is 0. The minimum Gasteiger partial charge on any atom is -0.384 e. The number of nitrogens with one attached hydrogen (secondary N) is 1. The van der Waals surface area contributed by atoms with Gasteiger partial charge in [0.25, 0.3) is 5.69 Å². The number of rotatable bonds is 4. The van der Waals surface area contributed by atoms with Gasteiger partial charge in [-0.15, -0.1) is 0 Å². The summed E-state index contributed by atoms with van der Waals surface area (Å²) in [5.41, 5.74) is 1.14. The Morgan fingerprint density at radius 1 is 1.62 bits per heavy atom. The lowest BCUT2D eigenvalue weighted by atomic mass is 10.2. The number of hydrogen-bond acceptors (Lipinski definition) is 3. The van der Waals surface area contributed by atoms with Gasteiger partial charge in [-0.3, -0.25) is 10.1 Å². The first-order valence-corrected chi connectivity index (χ1v) is 6.33. The molecule has 0 amide bonds. The lowest BCUT2D eigenvalue weighted by molar-refractivity contribution is -0.384. The van der Waals surface area contributed by atoms with E-state index >= 15 is 0 Å². The summed E-state index contributed by atoms with van der Waals surface area (Å²) in [6, 6.07) is 4.92. The topological polar surface area (TPSA) is 55.2 Å². The summed E-state index contributed by atoms with van der Waals surface area (Å²) >= 11 is 2.12.